The molecule has 0 amide bonds. The Bertz CT molecular complexity index is 59.5. The third-order valence-corrected chi connectivity index (χ3v) is 0.604. The van der Waals surface area contributed by atoms with Crippen molar-refractivity contribution in [1.82, 2.24) is 0 Å². The molecule has 1 nitrogen and oxygen atoms in total. The van der Waals surface area contributed by atoms with Crippen LogP contribution in [0.15, 0.2) is 17.1 Å². The normalized spacial score (nSPS) is 7.88. The van der Waals surface area contributed by atoms with Crippen LogP contribution in [0, 0.1) is 0 Å². The molecule has 0 saturated heterocycles. The lowest BCUT2D eigenvalue weighted by molar-refractivity contribution is 1.50. The highest BCUT2D eigenvalue weighted by molar-refractivity contribution is 7.97. The molecule has 0 saturated carbocycles. The summed E-state index contributed by atoms with van der Waals surface area (Å²) < 4.78 is 3.76. The molecular weight excluding hydrogens is 118 g/mol. The number of allylic oxidation sites excluding steroid dienone is 1. The van der Waals surface area contributed by atoms with Gasteiger partial charge in [0.2, 0.25) is 0 Å². The average Bonchev–Trinajstić information content (AvgIpc) is 1.88. The lowest BCUT2D eigenvalue weighted by atomic mass is 10.7. The third-order valence-electron chi connectivity index (χ3n) is 0.272. The molecule has 2 heteroatoms. The van der Waals surface area contributed by atoms with E-state index in [1.54, 1.807) is 12.3 Å². The zero-order valence-corrected chi connectivity index (χ0v) is 6.53. The topological polar surface area (TPSA) is 12.4 Å². The van der Waals surface area contributed by atoms with E-state index in [2.05, 4.69) is 11.0 Å². The summed E-state index contributed by atoms with van der Waals surface area (Å²) in [7, 11) is 0. The maximum atomic E-state index is 3.76. The monoisotopic (exact) mass is 131 g/mol. The molecule has 0 aromatic carbocycles. The largest absolute Gasteiger partial charge is 0.225 e. The van der Waals surface area contributed by atoms with E-state index in [4.69, 9.17) is 0 Å². The second-order valence-electron chi connectivity index (χ2n) is 0.673. The fourth-order valence-electron chi connectivity index (χ4n) is 0.104. The summed E-state index contributed by atoms with van der Waals surface area (Å²) in [5.41, 5.74) is 0. The van der Waals surface area contributed by atoms with E-state index in [1.165, 1.54) is 11.9 Å². The molecule has 0 N–H and O–H groups in total. The predicted molar refractivity (Wildman–Crippen MR) is 43.6 cm³/mol. The average molecular weight is 131 g/mol. The van der Waals surface area contributed by atoms with Gasteiger partial charge in [-0.2, -0.15) is 0 Å². The SMILES string of the molecule is C=C/C=N\SC.CC. The minimum atomic E-state index is 1.42. The van der Waals surface area contributed by atoms with Crippen molar-refractivity contribution in [2.75, 3.05) is 6.26 Å². The Balaban J connectivity index is 0. The zero-order valence-electron chi connectivity index (χ0n) is 5.72. The maximum absolute atomic E-state index is 3.76. The number of hydrogen-bond acceptors (Lipinski definition) is 2. The van der Waals surface area contributed by atoms with Gasteiger partial charge >= 0.3 is 0 Å². The molecule has 48 valence electrons. The molecule has 0 aliphatic carbocycles. The van der Waals surface area contributed by atoms with E-state index in [0.29, 0.717) is 0 Å². The van der Waals surface area contributed by atoms with E-state index in [1.807, 2.05) is 20.1 Å². The van der Waals surface area contributed by atoms with Crippen LogP contribution in [0.2, 0.25) is 0 Å². The molecule has 0 rings (SSSR count). The first-order chi connectivity index (χ1) is 3.91. The minimum absolute atomic E-state index is 1.42. The summed E-state index contributed by atoms with van der Waals surface area (Å²) >= 11 is 1.42. The molecule has 0 fully saturated rings. The van der Waals surface area contributed by atoms with Crippen LogP contribution in [-0.4, -0.2) is 12.5 Å². The lowest BCUT2D eigenvalue weighted by Gasteiger charge is -1.68. The Morgan fingerprint density at radius 2 is 2.00 bits per heavy atom. The molecule has 0 aromatic heterocycles. The summed E-state index contributed by atoms with van der Waals surface area (Å²) in [5.74, 6) is 0. The molecule has 0 radical (unpaired) electrons. The van der Waals surface area contributed by atoms with Crippen LogP contribution in [0.25, 0.3) is 0 Å². The third kappa shape index (κ3) is 17.1. The summed E-state index contributed by atoms with van der Waals surface area (Å²) in [5, 5.41) is 0. The van der Waals surface area contributed by atoms with Gasteiger partial charge in [-0.3, -0.25) is 0 Å². The predicted octanol–water partition coefficient (Wildman–Crippen LogP) is 2.55. The first kappa shape index (κ1) is 10.7. The summed E-state index contributed by atoms with van der Waals surface area (Å²) in [6, 6.07) is 0. The van der Waals surface area contributed by atoms with Gasteiger partial charge in [-0.25, -0.2) is 4.40 Å². The van der Waals surface area contributed by atoms with Crippen molar-refractivity contribution in [2.24, 2.45) is 4.40 Å². The van der Waals surface area contributed by atoms with Crippen molar-refractivity contribution >= 4 is 18.2 Å². The van der Waals surface area contributed by atoms with E-state index >= 15 is 0 Å². The van der Waals surface area contributed by atoms with E-state index in [-0.39, 0.29) is 0 Å². The van der Waals surface area contributed by atoms with Crippen LogP contribution < -0.4 is 0 Å². The zero-order chi connectivity index (χ0) is 6.83. The minimum Gasteiger partial charge on any atom is -0.225 e. The fraction of sp³-hybridized carbons (Fsp3) is 0.500. The highest BCUT2D eigenvalue weighted by Gasteiger charge is 1.55. The van der Waals surface area contributed by atoms with Gasteiger partial charge in [-0.15, -0.1) is 0 Å². The van der Waals surface area contributed by atoms with E-state index in [0.717, 1.165) is 0 Å². The summed E-state index contributed by atoms with van der Waals surface area (Å²) in [4.78, 5) is 0. The van der Waals surface area contributed by atoms with Gasteiger partial charge in [-0.1, -0.05) is 26.5 Å². The van der Waals surface area contributed by atoms with Gasteiger partial charge in [0.25, 0.3) is 0 Å². The number of rotatable bonds is 2. The molecule has 0 atom stereocenters. The Kier molecular flexibility index (Phi) is 21.2. The van der Waals surface area contributed by atoms with Gasteiger partial charge in [0.15, 0.2) is 0 Å². The Labute approximate surface area is 56.0 Å². The van der Waals surface area contributed by atoms with Crippen LogP contribution in [0.5, 0.6) is 0 Å². The summed E-state index contributed by atoms with van der Waals surface area (Å²) in [6.45, 7) is 7.44. The highest BCUT2D eigenvalue weighted by atomic mass is 32.2. The fourth-order valence-corrected chi connectivity index (χ4v) is 0.312. The Hall–Kier alpha value is -0.240. The van der Waals surface area contributed by atoms with Crippen molar-refractivity contribution in [2.45, 2.75) is 13.8 Å². The highest BCUT2D eigenvalue weighted by Crippen LogP contribution is 1.87. The second-order valence-corrected chi connectivity index (χ2v) is 1.25. The number of nitrogens with zero attached hydrogens (tertiary/aromatic N) is 1. The van der Waals surface area contributed by atoms with Gasteiger partial charge in [0, 0.05) is 12.5 Å². The molecular formula is C6H13NS. The van der Waals surface area contributed by atoms with Crippen LogP contribution in [0.1, 0.15) is 13.8 Å². The maximum Gasteiger partial charge on any atom is 0.0345 e. The van der Waals surface area contributed by atoms with E-state index in [9.17, 15) is 0 Å². The van der Waals surface area contributed by atoms with Crippen LogP contribution in [0.4, 0.5) is 0 Å². The van der Waals surface area contributed by atoms with Crippen molar-refractivity contribution in [3.8, 4) is 0 Å². The Morgan fingerprint density at radius 3 is 2.12 bits per heavy atom. The van der Waals surface area contributed by atoms with Crippen molar-refractivity contribution in [1.29, 1.82) is 0 Å². The molecule has 0 aliphatic rings. The van der Waals surface area contributed by atoms with Gasteiger partial charge < -0.3 is 0 Å². The van der Waals surface area contributed by atoms with Crippen molar-refractivity contribution in [3.63, 3.8) is 0 Å². The standard InChI is InChI=1S/C4H7NS.C2H6/c1-3-4-5-6-2;1-2/h3-4H,1H2,2H3;1-2H3/b5-4-;. The van der Waals surface area contributed by atoms with E-state index < -0.39 is 0 Å². The van der Waals surface area contributed by atoms with Crippen molar-refractivity contribution < 1.29 is 0 Å². The lowest BCUT2D eigenvalue weighted by Crippen LogP contribution is -1.51. The molecule has 0 spiro atoms. The van der Waals surface area contributed by atoms with Crippen LogP contribution >= 0.6 is 11.9 Å². The molecule has 8 heavy (non-hydrogen) atoms. The molecule has 0 bridgehead atoms. The van der Waals surface area contributed by atoms with Gasteiger partial charge in [-0.05, 0) is 11.9 Å². The molecule has 0 unspecified atom stereocenters. The number of hydrogen-bond donors (Lipinski definition) is 0. The van der Waals surface area contributed by atoms with Crippen LogP contribution in [-0.2, 0) is 0 Å². The van der Waals surface area contributed by atoms with Gasteiger partial charge in [0.05, 0.1) is 0 Å². The molecule has 0 aliphatic heterocycles. The second kappa shape index (κ2) is 15.9. The Morgan fingerprint density at radius 1 is 1.50 bits per heavy atom. The van der Waals surface area contributed by atoms with Gasteiger partial charge in [0.1, 0.15) is 0 Å². The summed E-state index contributed by atoms with van der Waals surface area (Å²) in [6.07, 6.45) is 5.21. The van der Waals surface area contributed by atoms with Crippen LogP contribution in [0.3, 0.4) is 0 Å². The smallest absolute Gasteiger partial charge is 0.0345 e. The quantitative estimate of drug-likeness (QED) is 0.414. The molecule has 0 aromatic rings. The first-order valence-corrected chi connectivity index (χ1v) is 3.77. The molecule has 0 heterocycles. The first-order valence-electron chi connectivity index (χ1n) is 2.59. The van der Waals surface area contributed by atoms with Crippen molar-refractivity contribution in [3.05, 3.63) is 12.7 Å².